The fourth-order valence-corrected chi connectivity index (χ4v) is 2.60. The van der Waals surface area contributed by atoms with E-state index in [1.165, 1.54) is 0 Å². The van der Waals surface area contributed by atoms with E-state index in [9.17, 15) is 4.79 Å². The third-order valence-electron chi connectivity index (χ3n) is 4.11. The van der Waals surface area contributed by atoms with Crippen molar-refractivity contribution in [2.75, 3.05) is 40.4 Å². The van der Waals surface area contributed by atoms with Crippen molar-refractivity contribution in [2.45, 2.75) is 32.4 Å². The van der Waals surface area contributed by atoms with Gasteiger partial charge in [0.15, 0.2) is 5.96 Å². The van der Waals surface area contributed by atoms with E-state index in [1.807, 2.05) is 31.2 Å². The highest BCUT2D eigenvalue weighted by Gasteiger charge is 2.16. The van der Waals surface area contributed by atoms with E-state index in [1.54, 1.807) is 19.0 Å². The molecule has 2 N–H and O–H groups in total. The van der Waals surface area contributed by atoms with Crippen LogP contribution in [-0.2, 0) is 16.1 Å². The van der Waals surface area contributed by atoms with Gasteiger partial charge in [-0.25, -0.2) is 4.99 Å². The molecule has 1 saturated heterocycles. The van der Waals surface area contributed by atoms with E-state index in [-0.39, 0.29) is 42.5 Å². The molecule has 1 aliphatic heterocycles. The minimum atomic E-state index is -0.00803. The van der Waals surface area contributed by atoms with Crippen LogP contribution in [0.15, 0.2) is 29.3 Å². The third-order valence-corrected chi connectivity index (χ3v) is 4.11. The summed E-state index contributed by atoms with van der Waals surface area (Å²) in [5, 5.41) is 6.38. The summed E-state index contributed by atoms with van der Waals surface area (Å²) in [6, 6.07) is 7.85. The average molecular weight is 490 g/mol. The maximum absolute atomic E-state index is 11.9. The number of likely N-dealkylation sites (N-methyl/N-ethyl adjacent to an activating group) is 1. The molecule has 0 bridgehead atoms. The van der Waals surface area contributed by atoms with Crippen LogP contribution in [0.5, 0.6) is 5.75 Å². The van der Waals surface area contributed by atoms with Gasteiger partial charge in [-0.05, 0) is 25.8 Å². The van der Waals surface area contributed by atoms with Crippen molar-refractivity contribution in [3.05, 3.63) is 29.8 Å². The van der Waals surface area contributed by atoms with Gasteiger partial charge in [0.25, 0.3) is 0 Å². The Labute approximate surface area is 178 Å². The fraction of sp³-hybridized carbons (Fsp3) is 0.579. The second-order valence-corrected chi connectivity index (χ2v) is 6.36. The number of para-hydroxylation sites is 1. The SMILES string of the molecule is CCOc1ccccc1CN=C(NCC(=O)N(C)C)NCC1CCCO1.I. The number of rotatable bonds is 8. The Kier molecular flexibility index (Phi) is 11.1. The van der Waals surface area contributed by atoms with Crippen LogP contribution in [0.25, 0.3) is 0 Å². The summed E-state index contributed by atoms with van der Waals surface area (Å²) in [5.41, 5.74) is 1.01. The summed E-state index contributed by atoms with van der Waals surface area (Å²) < 4.78 is 11.3. The average Bonchev–Trinajstić information content (AvgIpc) is 3.15. The molecule has 1 heterocycles. The molecule has 8 heteroatoms. The second-order valence-electron chi connectivity index (χ2n) is 6.36. The highest BCUT2D eigenvalue weighted by molar-refractivity contribution is 14.0. The Morgan fingerprint density at radius 2 is 2.11 bits per heavy atom. The topological polar surface area (TPSA) is 75.2 Å². The van der Waals surface area contributed by atoms with Gasteiger partial charge in [0.1, 0.15) is 5.75 Å². The molecule has 1 aromatic rings. The van der Waals surface area contributed by atoms with Gasteiger partial charge < -0.3 is 25.0 Å². The number of ether oxygens (including phenoxy) is 2. The number of carbonyl (C=O) groups excluding carboxylic acids is 1. The first-order chi connectivity index (χ1) is 12.6. The number of nitrogens with one attached hydrogen (secondary N) is 2. The van der Waals surface area contributed by atoms with Crippen LogP contribution in [0.2, 0.25) is 0 Å². The summed E-state index contributed by atoms with van der Waals surface area (Å²) >= 11 is 0. The number of hydrogen-bond acceptors (Lipinski definition) is 4. The van der Waals surface area contributed by atoms with E-state index in [4.69, 9.17) is 9.47 Å². The molecule has 1 fully saturated rings. The first-order valence-electron chi connectivity index (χ1n) is 9.14. The predicted octanol–water partition coefficient (Wildman–Crippen LogP) is 2.01. The van der Waals surface area contributed by atoms with Crippen LogP contribution in [0.4, 0.5) is 0 Å². The van der Waals surface area contributed by atoms with Crippen molar-refractivity contribution in [2.24, 2.45) is 4.99 Å². The van der Waals surface area contributed by atoms with Gasteiger partial charge in [-0.1, -0.05) is 18.2 Å². The lowest BCUT2D eigenvalue weighted by atomic mass is 10.2. The zero-order valence-corrected chi connectivity index (χ0v) is 18.7. The van der Waals surface area contributed by atoms with E-state index < -0.39 is 0 Å². The molecule has 1 aromatic carbocycles. The Morgan fingerprint density at radius 3 is 2.78 bits per heavy atom. The summed E-state index contributed by atoms with van der Waals surface area (Å²) in [6.07, 6.45) is 2.33. The van der Waals surface area contributed by atoms with Gasteiger partial charge in [-0.2, -0.15) is 0 Å². The van der Waals surface area contributed by atoms with Crippen LogP contribution in [0.1, 0.15) is 25.3 Å². The number of halogens is 1. The van der Waals surface area contributed by atoms with Crippen molar-refractivity contribution >= 4 is 35.8 Å². The Bertz CT molecular complexity index is 604. The van der Waals surface area contributed by atoms with E-state index in [2.05, 4.69) is 15.6 Å². The fourth-order valence-electron chi connectivity index (χ4n) is 2.60. The highest BCUT2D eigenvalue weighted by atomic mass is 127. The van der Waals surface area contributed by atoms with Crippen molar-refractivity contribution in [1.82, 2.24) is 15.5 Å². The van der Waals surface area contributed by atoms with E-state index in [0.717, 1.165) is 30.8 Å². The molecule has 0 aliphatic carbocycles. The van der Waals surface area contributed by atoms with Crippen LogP contribution >= 0.6 is 24.0 Å². The molecule has 0 radical (unpaired) electrons. The first-order valence-corrected chi connectivity index (χ1v) is 9.14. The molecule has 0 saturated carbocycles. The Hall–Kier alpha value is -1.55. The van der Waals surface area contributed by atoms with Crippen LogP contribution < -0.4 is 15.4 Å². The van der Waals surface area contributed by atoms with Gasteiger partial charge in [-0.15, -0.1) is 24.0 Å². The number of nitrogens with zero attached hydrogens (tertiary/aromatic N) is 2. The number of guanidine groups is 1. The zero-order chi connectivity index (χ0) is 18.8. The first kappa shape index (κ1) is 23.5. The van der Waals surface area contributed by atoms with Crippen molar-refractivity contribution in [1.29, 1.82) is 0 Å². The lowest BCUT2D eigenvalue weighted by Gasteiger charge is -2.17. The molecular weight excluding hydrogens is 459 g/mol. The minimum Gasteiger partial charge on any atom is -0.494 e. The standard InChI is InChI=1S/C19H30N4O3.HI/c1-4-25-17-10-6-5-8-15(17)12-20-19(22-14-18(24)23(2)3)21-13-16-9-7-11-26-16;/h5-6,8,10,16H,4,7,9,11-14H2,1-3H3,(H2,20,21,22);1H. The molecule has 1 unspecified atom stereocenters. The van der Waals surface area contributed by atoms with Crippen LogP contribution in [0, 0.1) is 0 Å². The largest absolute Gasteiger partial charge is 0.494 e. The molecule has 1 amide bonds. The molecule has 7 nitrogen and oxygen atoms in total. The van der Waals surface area contributed by atoms with Gasteiger partial charge in [0, 0.05) is 32.8 Å². The van der Waals surface area contributed by atoms with E-state index in [0.29, 0.717) is 25.7 Å². The van der Waals surface area contributed by atoms with Crippen LogP contribution in [0.3, 0.4) is 0 Å². The molecular formula is C19H31IN4O3. The van der Waals surface area contributed by atoms with Gasteiger partial charge in [-0.3, -0.25) is 4.79 Å². The van der Waals surface area contributed by atoms with Crippen molar-refractivity contribution in [3.8, 4) is 5.75 Å². The van der Waals surface area contributed by atoms with Crippen molar-refractivity contribution < 1.29 is 14.3 Å². The molecule has 2 rings (SSSR count). The minimum absolute atomic E-state index is 0. The van der Waals surface area contributed by atoms with E-state index >= 15 is 0 Å². The van der Waals surface area contributed by atoms with Gasteiger partial charge in [0.05, 0.1) is 25.8 Å². The molecule has 1 atom stereocenters. The monoisotopic (exact) mass is 490 g/mol. The number of hydrogen-bond donors (Lipinski definition) is 2. The smallest absolute Gasteiger partial charge is 0.241 e. The predicted molar refractivity (Wildman–Crippen MR) is 118 cm³/mol. The quantitative estimate of drug-likeness (QED) is 0.332. The lowest BCUT2D eigenvalue weighted by molar-refractivity contribution is -0.127. The number of benzene rings is 1. The molecule has 152 valence electrons. The Balaban J connectivity index is 0.00000364. The lowest BCUT2D eigenvalue weighted by Crippen LogP contribution is -2.45. The summed E-state index contributed by atoms with van der Waals surface area (Å²) in [5.74, 6) is 1.43. The number of carbonyl (C=O) groups is 1. The third kappa shape index (κ3) is 8.34. The zero-order valence-electron chi connectivity index (χ0n) is 16.4. The van der Waals surface area contributed by atoms with Crippen LogP contribution in [-0.4, -0.2) is 63.3 Å². The summed E-state index contributed by atoms with van der Waals surface area (Å²) in [4.78, 5) is 18.0. The molecule has 27 heavy (non-hydrogen) atoms. The number of amides is 1. The highest BCUT2D eigenvalue weighted by Crippen LogP contribution is 2.18. The maximum atomic E-state index is 11.9. The number of aliphatic imine (C=N–C) groups is 1. The normalized spacial score (nSPS) is 16.4. The second kappa shape index (κ2) is 12.8. The molecule has 0 spiro atoms. The summed E-state index contributed by atoms with van der Waals surface area (Å²) in [7, 11) is 3.47. The Morgan fingerprint density at radius 1 is 1.33 bits per heavy atom. The molecule has 1 aliphatic rings. The van der Waals surface area contributed by atoms with Crippen molar-refractivity contribution in [3.63, 3.8) is 0 Å². The maximum Gasteiger partial charge on any atom is 0.241 e. The summed E-state index contributed by atoms with van der Waals surface area (Å²) in [6.45, 7) is 4.72. The van der Waals surface area contributed by atoms with Gasteiger partial charge >= 0.3 is 0 Å². The molecule has 0 aromatic heterocycles. The van der Waals surface area contributed by atoms with Gasteiger partial charge in [0.2, 0.25) is 5.91 Å².